The summed E-state index contributed by atoms with van der Waals surface area (Å²) in [6.07, 6.45) is -3.42. The zero-order valence-corrected chi connectivity index (χ0v) is 20.5. The van der Waals surface area contributed by atoms with E-state index >= 15 is 0 Å². The van der Waals surface area contributed by atoms with Crippen molar-refractivity contribution in [1.82, 2.24) is 0 Å². The number of rotatable bonds is 7. The summed E-state index contributed by atoms with van der Waals surface area (Å²) in [4.78, 5) is 10.2. The number of hydrogen-bond donors (Lipinski definition) is 1. The van der Waals surface area contributed by atoms with Gasteiger partial charge in [0.25, 0.3) is 5.69 Å². The Hall–Kier alpha value is -2.53. The number of ether oxygens (including phenoxy) is 1. The molecule has 0 spiro atoms. The van der Waals surface area contributed by atoms with Gasteiger partial charge in [-0.25, -0.2) is 0 Å². The van der Waals surface area contributed by atoms with Crippen LogP contribution < -0.4 is 10.2 Å². The molecule has 13 heteroatoms. The van der Waals surface area contributed by atoms with E-state index in [1.165, 1.54) is 12.3 Å². The van der Waals surface area contributed by atoms with E-state index in [4.69, 9.17) is 39.5 Å². The molecule has 0 saturated carbocycles. The van der Waals surface area contributed by atoms with Crippen LogP contribution in [-0.4, -0.2) is 11.1 Å². The molecule has 0 unspecified atom stereocenters. The van der Waals surface area contributed by atoms with Gasteiger partial charge in [0.1, 0.15) is 12.3 Å². The first-order valence-electron chi connectivity index (χ1n) is 9.16. The fraction of sp³-hybridized carbons (Fsp3) is 0.0952. The molecule has 0 aliphatic carbocycles. The van der Waals surface area contributed by atoms with Gasteiger partial charge in [-0.2, -0.15) is 18.3 Å². The largest absolute Gasteiger partial charge is 0.486 e. The third-order valence-electron chi connectivity index (χ3n) is 4.31. The van der Waals surface area contributed by atoms with Crippen LogP contribution in [0.3, 0.4) is 0 Å². The molecule has 3 aromatic rings. The minimum atomic E-state index is -4.71. The summed E-state index contributed by atoms with van der Waals surface area (Å²) in [6.45, 7) is 0.168. The van der Waals surface area contributed by atoms with Gasteiger partial charge in [0.05, 0.1) is 36.2 Å². The standard InChI is InChI=1S/C21H12BrCl3F3N3O3/c22-14-5-12(7-17(25)20(14)34-10-11-1-3-15(23)16(24)6-11)9-29-30-18-4-2-13(21(26,27)28)8-19(18)31(32)33/h1-9,30H,10H2/b29-9-. The van der Waals surface area contributed by atoms with E-state index in [0.717, 1.165) is 17.7 Å². The maximum Gasteiger partial charge on any atom is 0.416 e. The lowest BCUT2D eigenvalue weighted by Crippen LogP contribution is -2.06. The molecule has 178 valence electrons. The third kappa shape index (κ3) is 6.53. The molecule has 0 aliphatic heterocycles. The number of nitrogens with one attached hydrogen (secondary N) is 1. The second-order valence-corrected chi connectivity index (χ2v) is 8.78. The van der Waals surface area contributed by atoms with Crippen molar-refractivity contribution in [2.24, 2.45) is 5.10 Å². The quantitative estimate of drug-likeness (QED) is 0.169. The highest BCUT2D eigenvalue weighted by Gasteiger charge is 2.33. The molecule has 6 nitrogen and oxygen atoms in total. The summed E-state index contributed by atoms with van der Waals surface area (Å²) in [5.41, 5.74) is 1.52. The van der Waals surface area contributed by atoms with E-state index in [9.17, 15) is 23.3 Å². The summed E-state index contributed by atoms with van der Waals surface area (Å²) in [6, 6.07) is 10.3. The lowest BCUT2D eigenvalue weighted by molar-refractivity contribution is -0.384. The second-order valence-electron chi connectivity index (χ2n) is 6.71. The number of hydrazone groups is 1. The molecule has 0 heterocycles. The van der Waals surface area contributed by atoms with Crippen molar-refractivity contribution in [2.75, 3.05) is 5.43 Å². The van der Waals surface area contributed by atoms with Crippen LogP contribution in [0.25, 0.3) is 0 Å². The van der Waals surface area contributed by atoms with Gasteiger partial charge in [0.15, 0.2) is 5.75 Å². The minimum absolute atomic E-state index is 0.168. The van der Waals surface area contributed by atoms with Crippen LogP contribution in [0.4, 0.5) is 24.5 Å². The normalized spacial score (nSPS) is 11.6. The van der Waals surface area contributed by atoms with Gasteiger partial charge in [-0.3, -0.25) is 15.5 Å². The van der Waals surface area contributed by atoms with E-state index in [1.54, 1.807) is 24.3 Å². The van der Waals surface area contributed by atoms with Gasteiger partial charge >= 0.3 is 6.18 Å². The van der Waals surface area contributed by atoms with Crippen molar-refractivity contribution in [3.8, 4) is 5.75 Å². The molecule has 0 fully saturated rings. The SMILES string of the molecule is O=[N+]([O-])c1cc(C(F)(F)F)ccc1N/N=C\c1cc(Cl)c(OCc2ccc(Cl)c(Cl)c2)c(Br)c1. The van der Waals surface area contributed by atoms with Crippen LogP contribution in [0.2, 0.25) is 15.1 Å². The molecular weight excluding hydrogens is 586 g/mol. The van der Waals surface area contributed by atoms with Crippen molar-refractivity contribution in [3.05, 3.63) is 94.9 Å². The number of halogens is 7. The fourth-order valence-electron chi connectivity index (χ4n) is 2.71. The monoisotopic (exact) mass is 595 g/mol. The molecular formula is C21H12BrCl3F3N3O3. The number of benzene rings is 3. The van der Waals surface area contributed by atoms with Gasteiger partial charge in [-0.15, -0.1) is 0 Å². The average molecular weight is 598 g/mol. The van der Waals surface area contributed by atoms with Crippen molar-refractivity contribution in [2.45, 2.75) is 12.8 Å². The fourth-order valence-corrected chi connectivity index (χ4v) is 4.02. The van der Waals surface area contributed by atoms with Crippen molar-refractivity contribution < 1.29 is 22.8 Å². The van der Waals surface area contributed by atoms with E-state index in [0.29, 0.717) is 31.9 Å². The first kappa shape index (κ1) is 26.1. The molecule has 3 rings (SSSR count). The number of nitro groups is 1. The van der Waals surface area contributed by atoms with E-state index < -0.39 is 22.4 Å². The average Bonchev–Trinajstić information content (AvgIpc) is 2.75. The Labute approximate surface area is 214 Å². The number of nitro benzene ring substituents is 1. The molecule has 0 bridgehead atoms. The van der Waals surface area contributed by atoms with Crippen molar-refractivity contribution in [3.63, 3.8) is 0 Å². The molecule has 0 radical (unpaired) electrons. The number of hydrogen-bond acceptors (Lipinski definition) is 5. The Bertz CT molecular complexity index is 1250. The van der Waals surface area contributed by atoms with Crippen LogP contribution in [0.5, 0.6) is 5.75 Å². The van der Waals surface area contributed by atoms with Gasteiger partial charge in [0.2, 0.25) is 0 Å². The molecule has 0 aliphatic rings. The van der Waals surface area contributed by atoms with Crippen LogP contribution in [0.1, 0.15) is 16.7 Å². The Morgan fingerprint density at radius 1 is 1.06 bits per heavy atom. The molecule has 0 atom stereocenters. The molecule has 0 aromatic heterocycles. The molecule has 0 amide bonds. The summed E-state index contributed by atoms with van der Waals surface area (Å²) >= 11 is 21.6. The van der Waals surface area contributed by atoms with Crippen LogP contribution in [0.15, 0.2) is 58.1 Å². The topological polar surface area (TPSA) is 76.8 Å². The summed E-state index contributed by atoms with van der Waals surface area (Å²) in [5, 5.41) is 16.1. The van der Waals surface area contributed by atoms with E-state index in [2.05, 4.69) is 26.5 Å². The lowest BCUT2D eigenvalue weighted by Gasteiger charge is -2.12. The number of nitrogens with zero attached hydrogens (tertiary/aromatic N) is 2. The van der Waals surface area contributed by atoms with Crippen LogP contribution >= 0.6 is 50.7 Å². The van der Waals surface area contributed by atoms with Gasteiger partial charge in [0, 0.05) is 6.07 Å². The van der Waals surface area contributed by atoms with Gasteiger partial charge in [-0.1, -0.05) is 40.9 Å². The molecule has 34 heavy (non-hydrogen) atoms. The molecule has 1 N–H and O–H groups in total. The third-order valence-corrected chi connectivity index (χ3v) is 5.92. The Morgan fingerprint density at radius 2 is 1.79 bits per heavy atom. The van der Waals surface area contributed by atoms with E-state index in [-0.39, 0.29) is 17.3 Å². The Morgan fingerprint density at radius 3 is 2.41 bits per heavy atom. The summed E-state index contributed by atoms with van der Waals surface area (Å²) in [7, 11) is 0. The predicted octanol–water partition coefficient (Wildman–Crippen LogP) is 8.36. The molecule has 3 aromatic carbocycles. The molecule has 0 saturated heterocycles. The summed E-state index contributed by atoms with van der Waals surface area (Å²) in [5.74, 6) is 0.358. The van der Waals surface area contributed by atoms with E-state index in [1.807, 2.05) is 0 Å². The Kier molecular flexibility index (Phi) is 8.29. The highest BCUT2D eigenvalue weighted by Crippen LogP contribution is 2.36. The first-order valence-corrected chi connectivity index (χ1v) is 11.1. The maximum absolute atomic E-state index is 12.8. The highest BCUT2D eigenvalue weighted by atomic mass is 79.9. The Balaban J connectivity index is 1.73. The van der Waals surface area contributed by atoms with Crippen LogP contribution in [-0.2, 0) is 12.8 Å². The van der Waals surface area contributed by atoms with Crippen molar-refractivity contribution in [1.29, 1.82) is 0 Å². The van der Waals surface area contributed by atoms with Crippen LogP contribution in [0, 0.1) is 10.1 Å². The van der Waals surface area contributed by atoms with Gasteiger partial charge < -0.3 is 4.74 Å². The van der Waals surface area contributed by atoms with Crippen molar-refractivity contribution >= 4 is 68.3 Å². The highest BCUT2D eigenvalue weighted by molar-refractivity contribution is 9.10. The first-order chi connectivity index (χ1) is 16.0. The predicted molar refractivity (Wildman–Crippen MR) is 129 cm³/mol. The smallest absolute Gasteiger partial charge is 0.416 e. The van der Waals surface area contributed by atoms with Gasteiger partial charge in [-0.05, 0) is 63.5 Å². The zero-order valence-electron chi connectivity index (χ0n) is 16.7. The second kappa shape index (κ2) is 10.8. The maximum atomic E-state index is 12.8. The zero-order chi connectivity index (χ0) is 25.0. The number of anilines is 1. The summed E-state index contributed by atoms with van der Waals surface area (Å²) < 4.78 is 44.7. The lowest BCUT2D eigenvalue weighted by atomic mass is 10.1. The minimum Gasteiger partial charge on any atom is -0.486 e. The number of alkyl halides is 3.